The van der Waals surface area contributed by atoms with Gasteiger partial charge in [-0.2, -0.15) is 17.4 Å². The lowest BCUT2D eigenvalue weighted by molar-refractivity contribution is -0.0153. The van der Waals surface area contributed by atoms with Crippen molar-refractivity contribution in [2.75, 3.05) is 33.9 Å². The number of hydrogen-bond donors (Lipinski definition) is 1. The fraction of sp³-hybridized carbons (Fsp3) is 0.609. The van der Waals surface area contributed by atoms with Gasteiger partial charge < -0.3 is 14.4 Å². The minimum absolute atomic E-state index is 0.0553. The van der Waals surface area contributed by atoms with Gasteiger partial charge in [0, 0.05) is 33.1 Å². The molecule has 1 aliphatic carbocycles. The Hall–Kier alpha value is -1.94. The highest BCUT2D eigenvalue weighted by Crippen LogP contribution is 2.31. The number of piperidine rings is 1. The van der Waals surface area contributed by atoms with Crippen molar-refractivity contribution in [1.82, 2.24) is 13.9 Å². The molecule has 1 amide bonds. The first kappa shape index (κ1) is 23.2. The Labute approximate surface area is 190 Å². The third-order valence-corrected chi connectivity index (χ3v) is 8.18. The SMILES string of the molecule is CN(C)S(=O)(=O)N[C@H]1CCCN2C(=O)OCCc3ccccc3C3=CCC(CC3)OCC12. The molecule has 0 aromatic heterocycles. The molecule has 32 heavy (non-hydrogen) atoms. The standard InChI is InChI=1S/C23H33N3O5S/c1-25(2)32(28,29)24-21-8-5-14-26-22(21)16-31-19-11-9-18(10-12-19)20-7-4-3-6-17(20)13-15-30-23(26)27/h3-4,6-7,9,19,21-22,24H,5,8,10-16H2,1-2H3/t19?,21-,22?/m0/s1. The first-order valence-corrected chi connectivity index (χ1v) is 12.8. The lowest BCUT2D eigenvalue weighted by Gasteiger charge is -2.41. The molecule has 3 aliphatic heterocycles. The van der Waals surface area contributed by atoms with Gasteiger partial charge in [-0.3, -0.25) is 0 Å². The maximum atomic E-state index is 13.0. The van der Waals surface area contributed by atoms with Crippen molar-refractivity contribution in [3.05, 3.63) is 41.5 Å². The van der Waals surface area contributed by atoms with Crippen LogP contribution in [0.4, 0.5) is 4.79 Å². The number of nitrogens with one attached hydrogen (secondary N) is 1. The molecule has 2 unspecified atom stereocenters. The zero-order chi connectivity index (χ0) is 22.7. The van der Waals surface area contributed by atoms with Crippen LogP contribution in [-0.4, -0.2) is 75.8 Å². The second-order valence-corrected chi connectivity index (χ2v) is 10.8. The maximum absolute atomic E-state index is 13.0. The molecule has 1 saturated heterocycles. The van der Waals surface area contributed by atoms with E-state index in [0.29, 0.717) is 25.8 Å². The summed E-state index contributed by atoms with van der Waals surface area (Å²) in [5.41, 5.74) is 3.72. The molecule has 2 bridgehead atoms. The van der Waals surface area contributed by atoms with Crippen molar-refractivity contribution in [1.29, 1.82) is 0 Å². The molecule has 0 radical (unpaired) electrons. The molecule has 1 N–H and O–H groups in total. The third kappa shape index (κ3) is 5.17. The van der Waals surface area contributed by atoms with E-state index in [1.165, 1.54) is 30.8 Å². The van der Waals surface area contributed by atoms with Gasteiger partial charge in [-0.05, 0) is 48.8 Å². The predicted octanol–water partition coefficient (Wildman–Crippen LogP) is 2.56. The van der Waals surface area contributed by atoms with Gasteiger partial charge in [-0.25, -0.2) is 4.79 Å². The molecule has 1 aromatic rings. The molecule has 176 valence electrons. The number of fused-ring (bicyclic) bond motifs is 6. The van der Waals surface area contributed by atoms with Crippen LogP contribution in [-0.2, 0) is 26.1 Å². The van der Waals surface area contributed by atoms with E-state index < -0.39 is 28.4 Å². The van der Waals surface area contributed by atoms with Crippen LogP contribution in [0.2, 0.25) is 0 Å². The molecule has 4 aliphatic rings. The van der Waals surface area contributed by atoms with Crippen LogP contribution in [0.5, 0.6) is 0 Å². The summed E-state index contributed by atoms with van der Waals surface area (Å²) in [6.45, 7) is 1.09. The van der Waals surface area contributed by atoms with Crippen molar-refractivity contribution in [2.24, 2.45) is 0 Å². The topological polar surface area (TPSA) is 88.2 Å². The fourth-order valence-electron chi connectivity index (χ4n) is 4.75. The van der Waals surface area contributed by atoms with Gasteiger partial charge in [-0.15, -0.1) is 0 Å². The van der Waals surface area contributed by atoms with Crippen molar-refractivity contribution in [3.8, 4) is 0 Å². The summed E-state index contributed by atoms with van der Waals surface area (Å²) in [7, 11) is -0.650. The number of ether oxygens (including phenoxy) is 2. The Balaban J connectivity index is 1.58. The Morgan fingerprint density at radius 3 is 2.72 bits per heavy atom. The summed E-state index contributed by atoms with van der Waals surface area (Å²) in [4.78, 5) is 14.6. The highest BCUT2D eigenvalue weighted by atomic mass is 32.2. The minimum Gasteiger partial charge on any atom is -0.449 e. The van der Waals surface area contributed by atoms with E-state index in [-0.39, 0.29) is 19.3 Å². The zero-order valence-corrected chi connectivity index (χ0v) is 19.6. The molecule has 3 atom stereocenters. The normalized spacial score (nSPS) is 27.2. The average Bonchev–Trinajstić information content (AvgIpc) is 2.78. The molecular weight excluding hydrogens is 430 g/mol. The van der Waals surface area contributed by atoms with Crippen molar-refractivity contribution >= 4 is 21.9 Å². The van der Waals surface area contributed by atoms with Gasteiger partial charge in [0.15, 0.2) is 0 Å². The van der Waals surface area contributed by atoms with Crippen LogP contribution < -0.4 is 4.72 Å². The summed E-state index contributed by atoms with van der Waals surface area (Å²) in [5, 5.41) is 0. The Morgan fingerprint density at radius 1 is 1.16 bits per heavy atom. The van der Waals surface area contributed by atoms with Gasteiger partial charge in [0.25, 0.3) is 10.2 Å². The van der Waals surface area contributed by atoms with E-state index >= 15 is 0 Å². The largest absolute Gasteiger partial charge is 0.449 e. The Kier molecular flexibility index (Phi) is 7.19. The van der Waals surface area contributed by atoms with E-state index in [4.69, 9.17) is 9.47 Å². The number of carbonyl (C=O) groups excluding carboxylic acids is 1. The smallest absolute Gasteiger partial charge is 0.410 e. The quantitative estimate of drug-likeness (QED) is 0.744. The number of benzene rings is 1. The molecule has 9 heteroatoms. The molecule has 5 rings (SSSR count). The monoisotopic (exact) mass is 463 g/mol. The second-order valence-electron chi connectivity index (χ2n) is 8.90. The second kappa shape index (κ2) is 9.91. The van der Waals surface area contributed by atoms with Crippen LogP contribution in [0.1, 0.15) is 43.2 Å². The fourth-order valence-corrected chi connectivity index (χ4v) is 5.62. The van der Waals surface area contributed by atoms with E-state index in [0.717, 1.165) is 23.6 Å². The number of hydrogen-bond acceptors (Lipinski definition) is 5. The van der Waals surface area contributed by atoms with Crippen LogP contribution in [0.15, 0.2) is 30.3 Å². The summed E-state index contributed by atoms with van der Waals surface area (Å²) < 4.78 is 40.8. The highest BCUT2D eigenvalue weighted by molar-refractivity contribution is 7.87. The molecule has 1 aromatic carbocycles. The van der Waals surface area contributed by atoms with Gasteiger partial charge in [0.05, 0.1) is 25.4 Å². The number of nitrogens with zero attached hydrogens (tertiary/aromatic N) is 2. The lowest BCUT2D eigenvalue weighted by Crippen LogP contribution is -2.60. The molecule has 1 fully saturated rings. The van der Waals surface area contributed by atoms with Crippen LogP contribution in [0.25, 0.3) is 5.57 Å². The zero-order valence-electron chi connectivity index (χ0n) is 18.8. The van der Waals surface area contributed by atoms with E-state index in [9.17, 15) is 13.2 Å². The number of amides is 1. The summed E-state index contributed by atoms with van der Waals surface area (Å²) in [5.74, 6) is 0. The van der Waals surface area contributed by atoms with Gasteiger partial charge >= 0.3 is 6.09 Å². The van der Waals surface area contributed by atoms with E-state index in [2.05, 4.69) is 22.9 Å². The summed E-state index contributed by atoms with van der Waals surface area (Å²) in [6, 6.07) is 7.46. The van der Waals surface area contributed by atoms with Crippen molar-refractivity contribution in [3.63, 3.8) is 0 Å². The molecule has 0 saturated carbocycles. The van der Waals surface area contributed by atoms with Crippen LogP contribution in [0, 0.1) is 0 Å². The van der Waals surface area contributed by atoms with Crippen molar-refractivity contribution < 1.29 is 22.7 Å². The van der Waals surface area contributed by atoms with Gasteiger partial charge in [-0.1, -0.05) is 30.3 Å². The summed E-state index contributed by atoms with van der Waals surface area (Å²) in [6.07, 6.45) is 6.56. The molecule has 3 heterocycles. The molecule has 0 spiro atoms. The van der Waals surface area contributed by atoms with Crippen LogP contribution >= 0.6 is 0 Å². The predicted molar refractivity (Wildman–Crippen MR) is 122 cm³/mol. The molecule has 8 nitrogen and oxygen atoms in total. The molecular formula is C23H33N3O5S. The number of allylic oxidation sites excluding steroid dienone is 1. The van der Waals surface area contributed by atoms with Crippen LogP contribution in [0.3, 0.4) is 0 Å². The highest BCUT2D eigenvalue weighted by Gasteiger charge is 2.38. The van der Waals surface area contributed by atoms with Gasteiger partial charge in [0.1, 0.15) is 0 Å². The van der Waals surface area contributed by atoms with Crippen molar-refractivity contribution in [2.45, 2.75) is 56.7 Å². The number of rotatable bonds is 3. The third-order valence-electron chi connectivity index (χ3n) is 6.62. The lowest BCUT2D eigenvalue weighted by atomic mass is 9.88. The first-order chi connectivity index (χ1) is 15.3. The Bertz CT molecular complexity index is 962. The Morgan fingerprint density at radius 2 is 1.97 bits per heavy atom. The number of carbonyl (C=O) groups is 1. The minimum atomic E-state index is -3.63. The summed E-state index contributed by atoms with van der Waals surface area (Å²) >= 11 is 0. The van der Waals surface area contributed by atoms with E-state index in [1.807, 2.05) is 12.1 Å². The first-order valence-electron chi connectivity index (χ1n) is 11.4. The van der Waals surface area contributed by atoms with Gasteiger partial charge in [0.2, 0.25) is 0 Å². The van der Waals surface area contributed by atoms with E-state index in [1.54, 1.807) is 4.90 Å². The maximum Gasteiger partial charge on any atom is 0.410 e. The average molecular weight is 464 g/mol.